The van der Waals surface area contributed by atoms with Crippen molar-refractivity contribution in [2.24, 2.45) is 0 Å². The average Bonchev–Trinajstić information content (AvgIpc) is 2.29. The first kappa shape index (κ1) is 12.4. The Morgan fingerprint density at radius 1 is 1.24 bits per heavy atom. The van der Waals surface area contributed by atoms with E-state index < -0.39 is 5.95 Å². The van der Waals surface area contributed by atoms with Crippen LogP contribution in [0.3, 0.4) is 0 Å². The van der Waals surface area contributed by atoms with Crippen molar-refractivity contribution in [3.05, 3.63) is 23.5 Å². The molecule has 17 heavy (non-hydrogen) atoms. The zero-order valence-electron chi connectivity index (χ0n) is 10.6. The van der Waals surface area contributed by atoms with Crippen molar-refractivity contribution in [2.45, 2.75) is 45.6 Å². The molecule has 0 aromatic carbocycles. The first-order valence-electron chi connectivity index (χ1n) is 6.41. The van der Waals surface area contributed by atoms with Crippen LogP contribution in [0.1, 0.15) is 50.5 Å². The second-order valence-electron chi connectivity index (χ2n) is 5.02. The summed E-state index contributed by atoms with van der Waals surface area (Å²) in [5.41, 5.74) is 0.796. The van der Waals surface area contributed by atoms with Gasteiger partial charge in [-0.2, -0.15) is 4.39 Å². The monoisotopic (exact) mass is 237 g/mol. The van der Waals surface area contributed by atoms with Gasteiger partial charge in [0, 0.05) is 11.8 Å². The molecular formula is C13H20FN3. The molecule has 0 unspecified atom stereocenters. The van der Waals surface area contributed by atoms with Crippen molar-refractivity contribution >= 4 is 0 Å². The third kappa shape index (κ3) is 3.46. The second-order valence-corrected chi connectivity index (χ2v) is 5.02. The quantitative estimate of drug-likeness (QED) is 0.757. The van der Waals surface area contributed by atoms with Gasteiger partial charge in [-0.25, -0.2) is 9.97 Å². The van der Waals surface area contributed by atoms with Crippen LogP contribution < -0.4 is 0 Å². The van der Waals surface area contributed by atoms with Crippen molar-refractivity contribution in [3.8, 4) is 0 Å². The van der Waals surface area contributed by atoms with Gasteiger partial charge in [-0.05, 0) is 31.8 Å². The number of hydrogen-bond donors (Lipinski definition) is 0. The fraction of sp³-hybridized carbons (Fsp3) is 0.692. The van der Waals surface area contributed by atoms with Gasteiger partial charge < -0.3 is 0 Å². The lowest BCUT2D eigenvalue weighted by molar-refractivity contribution is 0.214. The highest BCUT2D eigenvalue weighted by Gasteiger charge is 2.14. The molecule has 2 heterocycles. The smallest absolute Gasteiger partial charge is 0.216 e. The largest absolute Gasteiger partial charge is 0.296 e. The van der Waals surface area contributed by atoms with E-state index in [0.29, 0.717) is 12.4 Å². The molecule has 4 heteroatoms. The number of piperidine rings is 1. The third-order valence-electron chi connectivity index (χ3n) is 3.17. The number of rotatable bonds is 3. The van der Waals surface area contributed by atoms with Gasteiger partial charge in [-0.3, -0.25) is 4.90 Å². The highest BCUT2D eigenvalue weighted by molar-refractivity contribution is 5.08. The summed E-state index contributed by atoms with van der Waals surface area (Å²) in [5, 5.41) is 0. The van der Waals surface area contributed by atoms with E-state index in [0.717, 1.165) is 18.8 Å². The molecule has 3 nitrogen and oxygen atoms in total. The molecule has 94 valence electrons. The fourth-order valence-electron chi connectivity index (χ4n) is 2.17. The lowest BCUT2D eigenvalue weighted by atomic mass is 10.1. The van der Waals surface area contributed by atoms with E-state index in [9.17, 15) is 4.39 Å². The summed E-state index contributed by atoms with van der Waals surface area (Å²) < 4.78 is 13.4. The average molecular weight is 237 g/mol. The van der Waals surface area contributed by atoms with E-state index in [4.69, 9.17) is 0 Å². The van der Waals surface area contributed by atoms with E-state index >= 15 is 0 Å². The molecule has 1 aromatic heterocycles. The maximum atomic E-state index is 13.4. The minimum atomic E-state index is -0.407. The molecule has 0 N–H and O–H groups in total. The maximum Gasteiger partial charge on any atom is 0.216 e. The van der Waals surface area contributed by atoms with E-state index in [1.54, 1.807) is 0 Å². The van der Waals surface area contributed by atoms with Crippen LogP contribution in [0.4, 0.5) is 4.39 Å². The minimum absolute atomic E-state index is 0.243. The number of halogens is 1. The van der Waals surface area contributed by atoms with Crippen LogP contribution in [-0.4, -0.2) is 28.0 Å². The molecule has 0 bridgehead atoms. The van der Waals surface area contributed by atoms with Gasteiger partial charge in [-0.1, -0.05) is 20.3 Å². The zero-order chi connectivity index (χ0) is 12.3. The van der Waals surface area contributed by atoms with Gasteiger partial charge in [0.15, 0.2) is 0 Å². The summed E-state index contributed by atoms with van der Waals surface area (Å²) in [4.78, 5) is 10.6. The van der Waals surface area contributed by atoms with Crippen molar-refractivity contribution in [2.75, 3.05) is 13.1 Å². The molecule has 0 saturated carbocycles. The molecule has 0 radical (unpaired) electrons. The lowest BCUT2D eigenvalue weighted by Gasteiger charge is -2.25. The summed E-state index contributed by atoms with van der Waals surface area (Å²) in [5.74, 6) is 0.457. The van der Waals surface area contributed by atoms with Crippen molar-refractivity contribution in [3.63, 3.8) is 0 Å². The minimum Gasteiger partial charge on any atom is -0.296 e. The maximum absolute atomic E-state index is 13.4. The van der Waals surface area contributed by atoms with Gasteiger partial charge in [0.2, 0.25) is 5.95 Å². The Balaban J connectivity index is 2.09. The highest BCUT2D eigenvalue weighted by Crippen LogP contribution is 2.15. The standard InChI is InChI=1S/C13H20FN3/c1-10(2)11-8-12(14)16-13(15-11)9-17-6-4-3-5-7-17/h8,10H,3-7,9H2,1-2H3. The molecule has 1 fully saturated rings. The fourth-order valence-corrected chi connectivity index (χ4v) is 2.17. The van der Waals surface area contributed by atoms with Gasteiger partial charge in [0.1, 0.15) is 5.82 Å². The molecule has 0 atom stereocenters. The van der Waals surface area contributed by atoms with E-state index in [2.05, 4.69) is 14.9 Å². The van der Waals surface area contributed by atoms with Crippen LogP contribution in [0, 0.1) is 5.95 Å². The molecule has 0 aliphatic carbocycles. The SMILES string of the molecule is CC(C)c1cc(F)nc(CN2CCCCC2)n1. The molecule has 1 aliphatic rings. The Morgan fingerprint density at radius 3 is 2.59 bits per heavy atom. The van der Waals surface area contributed by atoms with Gasteiger partial charge in [0.05, 0.1) is 6.54 Å². The van der Waals surface area contributed by atoms with Gasteiger partial charge >= 0.3 is 0 Å². The van der Waals surface area contributed by atoms with Crippen LogP contribution in [0.5, 0.6) is 0 Å². The Bertz CT molecular complexity index is 373. The van der Waals surface area contributed by atoms with Crippen LogP contribution in [-0.2, 0) is 6.54 Å². The Kier molecular flexibility index (Phi) is 4.05. The second kappa shape index (κ2) is 5.54. The molecule has 0 amide bonds. The number of aromatic nitrogens is 2. The lowest BCUT2D eigenvalue weighted by Crippen LogP contribution is -2.30. The first-order chi connectivity index (χ1) is 8.15. The molecule has 0 spiro atoms. The van der Waals surface area contributed by atoms with Crippen LogP contribution in [0.25, 0.3) is 0 Å². The Morgan fingerprint density at radius 2 is 1.94 bits per heavy atom. The number of likely N-dealkylation sites (tertiary alicyclic amines) is 1. The summed E-state index contributed by atoms with van der Waals surface area (Å²) >= 11 is 0. The van der Waals surface area contributed by atoms with Crippen molar-refractivity contribution in [1.82, 2.24) is 14.9 Å². The topological polar surface area (TPSA) is 29.0 Å². The highest BCUT2D eigenvalue weighted by atomic mass is 19.1. The number of hydrogen-bond acceptors (Lipinski definition) is 3. The Labute approximate surface area is 102 Å². The summed E-state index contributed by atoms with van der Waals surface area (Å²) in [7, 11) is 0. The molecule has 1 aliphatic heterocycles. The summed E-state index contributed by atoms with van der Waals surface area (Å²) in [6.07, 6.45) is 3.76. The van der Waals surface area contributed by atoms with E-state index in [1.165, 1.54) is 25.3 Å². The Hall–Kier alpha value is -1.03. The predicted molar refractivity (Wildman–Crippen MR) is 65.2 cm³/mol. The van der Waals surface area contributed by atoms with E-state index in [1.807, 2.05) is 13.8 Å². The zero-order valence-corrected chi connectivity index (χ0v) is 10.6. The summed E-state index contributed by atoms with van der Waals surface area (Å²) in [6, 6.07) is 1.43. The van der Waals surface area contributed by atoms with Crippen LogP contribution in [0.2, 0.25) is 0 Å². The van der Waals surface area contributed by atoms with Gasteiger partial charge in [-0.15, -0.1) is 0 Å². The van der Waals surface area contributed by atoms with Crippen molar-refractivity contribution in [1.29, 1.82) is 0 Å². The summed E-state index contributed by atoms with van der Waals surface area (Å²) in [6.45, 7) is 6.88. The molecule has 1 aromatic rings. The van der Waals surface area contributed by atoms with Crippen LogP contribution in [0.15, 0.2) is 6.07 Å². The normalized spacial score (nSPS) is 17.6. The van der Waals surface area contributed by atoms with E-state index in [-0.39, 0.29) is 5.92 Å². The first-order valence-corrected chi connectivity index (χ1v) is 6.41. The number of nitrogens with zero attached hydrogens (tertiary/aromatic N) is 3. The molecule has 1 saturated heterocycles. The third-order valence-corrected chi connectivity index (χ3v) is 3.17. The molecular weight excluding hydrogens is 217 g/mol. The predicted octanol–water partition coefficient (Wildman–Crippen LogP) is 2.73. The van der Waals surface area contributed by atoms with Gasteiger partial charge in [0.25, 0.3) is 0 Å². The van der Waals surface area contributed by atoms with Crippen molar-refractivity contribution < 1.29 is 4.39 Å². The molecule has 2 rings (SSSR count). The van der Waals surface area contributed by atoms with Crippen LogP contribution >= 0.6 is 0 Å².